The molecule has 764 valence electrons. The zero-order chi connectivity index (χ0) is 99.5. The van der Waals surface area contributed by atoms with Gasteiger partial charge in [-0.05, 0) is 187 Å². The number of carbonyl (C=O) groups excluding carboxylic acids is 6. The van der Waals surface area contributed by atoms with Crippen molar-refractivity contribution in [3.8, 4) is 16.8 Å². The number of nitrogens with zero attached hydrogens (tertiary/aromatic N) is 9. The number of cyclic esters (lactones) is 1. The summed E-state index contributed by atoms with van der Waals surface area (Å²) in [6, 6.07) is 15.2. The van der Waals surface area contributed by atoms with Gasteiger partial charge in [-0.2, -0.15) is 0 Å². The maximum atomic E-state index is 14.8. The Morgan fingerprint density at radius 2 is 1.25 bits per heavy atom. The molecule has 1 amide bonds. The summed E-state index contributed by atoms with van der Waals surface area (Å²) in [5.41, 5.74) is 10.3. The summed E-state index contributed by atoms with van der Waals surface area (Å²) in [7, 11) is 6.34. The first-order valence-electron chi connectivity index (χ1n) is 49.9. The van der Waals surface area contributed by atoms with Crippen LogP contribution in [0.2, 0.25) is 0 Å². The van der Waals surface area contributed by atoms with Gasteiger partial charge in [0.25, 0.3) is 11.7 Å². The zero-order valence-corrected chi connectivity index (χ0v) is 83.9. The fourth-order valence-electron chi connectivity index (χ4n) is 19.1. The van der Waals surface area contributed by atoms with E-state index >= 15 is 0 Å². The molecule has 8 heterocycles. The van der Waals surface area contributed by atoms with Crippen LogP contribution in [0.4, 0.5) is 11.6 Å². The van der Waals surface area contributed by atoms with E-state index in [1.54, 1.807) is 63.4 Å². The molecule has 139 heavy (non-hydrogen) atoms. The number of amides is 1. The molecule has 4 aliphatic heterocycles. The fourth-order valence-corrected chi connectivity index (χ4v) is 19.1. The average Bonchev–Trinajstić information content (AvgIpc) is 1.60. The fraction of sp³-hybridized carbons (Fsp3) is 0.632. The van der Waals surface area contributed by atoms with Gasteiger partial charge in [0.1, 0.15) is 36.2 Å². The van der Waals surface area contributed by atoms with Gasteiger partial charge in [0.05, 0.1) is 152 Å². The lowest BCUT2D eigenvalue weighted by Gasteiger charge is -2.43. The zero-order valence-electron chi connectivity index (χ0n) is 83.9. The van der Waals surface area contributed by atoms with Crippen LogP contribution in [0.5, 0.6) is 0 Å². The van der Waals surface area contributed by atoms with Crippen molar-refractivity contribution in [3.63, 3.8) is 0 Å². The van der Waals surface area contributed by atoms with Crippen molar-refractivity contribution in [3.05, 3.63) is 148 Å². The molecule has 4 aromatic heterocycles. The second-order valence-corrected chi connectivity index (χ2v) is 38.0. The lowest BCUT2D eigenvalue weighted by atomic mass is 9.78. The lowest BCUT2D eigenvalue weighted by Crippen LogP contribution is -2.61. The molecule has 5 aliphatic rings. The number of piperazine rings is 1. The summed E-state index contributed by atoms with van der Waals surface area (Å²) in [6.07, 6.45) is 18.9. The minimum atomic E-state index is -2.47. The number of esters is 2. The van der Waals surface area contributed by atoms with Crippen LogP contribution >= 0.6 is 0 Å². The van der Waals surface area contributed by atoms with Crippen molar-refractivity contribution in [2.45, 2.75) is 232 Å². The lowest BCUT2D eigenvalue weighted by molar-refractivity contribution is -0.265. The number of allylic oxidation sites excluding steroid dienone is 5. The van der Waals surface area contributed by atoms with Crippen LogP contribution in [0.25, 0.3) is 38.8 Å². The number of benzene rings is 2. The highest BCUT2D eigenvalue weighted by Crippen LogP contribution is 2.40. The first-order valence-corrected chi connectivity index (χ1v) is 49.9. The second-order valence-electron chi connectivity index (χ2n) is 38.0. The van der Waals surface area contributed by atoms with E-state index in [-0.39, 0.29) is 66.8 Å². The van der Waals surface area contributed by atoms with E-state index in [1.165, 1.54) is 12.0 Å². The van der Waals surface area contributed by atoms with Crippen LogP contribution in [0.15, 0.2) is 126 Å². The summed E-state index contributed by atoms with van der Waals surface area (Å²) in [5.74, 6) is -7.45. The highest BCUT2D eigenvalue weighted by Gasteiger charge is 2.53. The second kappa shape index (κ2) is 56.0. The number of pyridine rings is 2. The Morgan fingerprint density at radius 3 is 1.88 bits per heavy atom. The van der Waals surface area contributed by atoms with Crippen molar-refractivity contribution >= 4 is 68.8 Å². The third-order valence-corrected chi connectivity index (χ3v) is 27.6. The average molecular weight is 1940 g/mol. The number of hydrogen-bond donors (Lipinski definition) is 3. The van der Waals surface area contributed by atoms with Crippen molar-refractivity contribution < 1.29 is 110 Å². The van der Waals surface area contributed by atoms with E-state index in [0.29, 0.717) is 207 Å². The number of ether oxygens (including phenoxy) is 14. The molecule has 2 aromatic carbocycles. The smallest absolute Gasteiger partial charge is 0.333 e. The first kappa shape index (κ1) is 110. The van der Waals surface area contributed by atoms with Crippen molar-refractivity contribution in [1.29, 1.82) is 0 Å². The Bertz CT molecular complexity index is 5090. The van der Waals surface area contributed by atoms with Gasteiger partial charge in [0, 0.05) is 158 Å². The molecule has 4 fully saturated rings. The van der Waals surface area contributed by atoms with E-state index < -0.39 is 96.1 Å². The molecule has 1 saturated carbocycles. The number of anilines is 2. The minimum Gasteiger partial charge on any atom is -0.460 e. The molecule has 11 rings (SSSR count). The number of rotatable bonds is 42. The number of hydrogen-bond acceptors (Lipinski definition) is 30. The summed E-state index contributed by atoms with van der Waals surface area (Å²) in [4.78, 5) is 122. The number of aryl methyl sites for hydroxylation is 4. The predicted octanol–water partition coefficient (Wildman–Crippen LogP) is 12.0. The molecule has 3 saturated heterocycles. The first-order chi connectivity index (χ1) is 67.1. The summed E-state index contributed by atoms with van der Waals surface area (Å²) in [5, 5.41) is 36.8. The van der Waals surface area contributed by atoms with E-state index in [1.807, 2.05) is 108 Å². The molecular weight excluding hydrogens is 1780 g/mol. The molecule has 1 aliphatic carbocycles. The van der Waals surface area contributed by atoms with Crippen LogP contribution in [-0.2, 0) is 109 Å². The number of imidazole rings is 1. The van der Waals surface area contributed by atoms with Crippen LogP contribution < -0.4 is 15.5 Å². The number of aliphatic hydroxyl groups is 3. The number of ketones is 3. The van der Waals surface area contributed by atoms with Crippen molar-refractivity contribution in [1.82, 2.24) is 34.0 Å². The van der Waals surface area contributed by atoms with E-state index in [2.05, 4.69) is 55.9 Å². The summed E-state index contributed by atoms with van der Waals surface area (Å²) in [6.45, 7) is 26.1. The van der Waals surface area contributed by atoms with Gasteiger partial charge in [0.2, 0.25) is 11.7 Å². The summed E-state index contributed by atoms with van der Waals surface area (Å²) >= 11 is 0. The quantitative estimate of drug-likeness (QED) is 0.0139. The Hall–Kier alpha value is -9.27. The van der Waals surface area contributed by atoms with Gasteiger partial charge in [-0.15, -0.1) is 0 Å². The molecule has 16 atom stereocenters. The number of aromatic nitrogens is 6. The van der Waals surface area contributed by atoms with Crippen LogP contribution in [0.1, 0.15) is 168 Å². The van der Waals surface area contributed by atoms with E-state index in [0.717, 1.165) is 93.0 Å². The molecule has 0 spiro atoms. The Labute approximate surface area is 818 Å². The molecule has 33 nitrogen and oxygen atoms in total. The maximum absolute atomic E-state index is 14.8. The van der Waals surface area contributed by atoms with Gasteiger partial charge in [0.15, 0.2) is 5.78 Å². The topological polar surface area (TPSA) is 381 Å². The van der Waals surface area contributed by atoms with Crippen LogP contribution in [0, 0.1) is 49.4 Å². The molecule has 33 heteroatoms. The van der Waals surface area contributed by atoms with Crippen molar-refractivity contribution in [2.24, 2.45) is 42.6 Å². The van der Waals surface area contributed by atoms with E-state index in [4.69, 9.17) is 71.3 Å². The maximum Gasteiger partial charge on any atom is 0.333 e. The normalized spacial score (nSPS) is 26.4. The van der Waals surface area contributed by atoms with Gasteiger partial charge in [-0.25, -0.2) is 19.6 Å². The standard InChI is InChI=1S/C106H151N9O24/c1-70-20-15-14-16-21-71(2)93(126-11)64-85-32-24-77(8)106(125,139-85)101(121)102(122)114-37-18-17-22-89(114)103(123)138-94(65-91(117)73(4)59-76(7)99(120)100(128-13)98(119)75(6)58-70)74(5)60-79-27-35-92(95(62-79)127-12)137-96(118)23-19-42-129-44-46-131-48-50-133-52-54-135-56-57-136-55-53-134-51-49-132-47-45-130-43-36-84(116)31-26-80-66-109-104(110-67-80)113-40-38-112(39-41-113)88-34-30-83(61-72(88)3)115-97-86-63-81(82-28-25-78(9)107-68-82)29-33-87(86)108-69-90(97)111(10)105(115)124/h14-16,20-21,25,28-30,33-34,59,61,63,66-70,73-75,77,79,85,89,91-95,99-100,117,120,125H,17-19,22-24,26-27,31-32,35-58,60,62,64-65H2,1-13H3/b16-14+,20-15+,71-21+,76-59+/t70-,73-,74-,75-,77-,79+,85+,89+,91-,92-,93+,94+,95-,99-,100+,106-/m1/s1. The van der Waals surface area contributed by atoms with Gasteiger partial charge >= 0.3 is 17.6 Å². The summed E-state index contributed by atoms with van der Waals surface area (Å²) < 4.78 is 84.9. The number of carbonyl (C=O) groups is 6. The molecule has 0 unspecified atom stereocenters. The molecule has 2 bridgehead atoms. The highest BCUT2D eigenvalue weighted by atomic mass is 16.6. The number of piperidine rings is 1. The van der Waals surface area contributed by atoms with Crippen LogP contribution in [-0.4, -0.2) is 305 Å². The third kappa shape index (κ3) is 31.9. The van der Waals surface area contributed by atoms with Crippen molar-refractivity contribution in [2.75, 3.05) is 170 Å². The highest BCUT2D eigenvalue weighted by molar-refractivity contribution is 6.39. The molecular formula is C106H151N9O24. The Morgan fingerprint density at radius 1 is 0.604 bits per heavy atom. The monoisotopic (exact) mass is 1930 g/mol. The number of fused-ring (bicyclic) bond motifs is 6. The molecule has 3 N–H and O–H groups in total. The van der Waals surface area contributed by atoms with E-state index in [9.17, 15) is 48.9 Å². The minimum absolute atomic E-state index is 0.00620. The Kier molecular flexibility index (Phi) is 44.3. The van der Waals surface area contributed by atoms with Gasteiger partial charge in [-0.3, -0.25) is 43.1 Å². The van der Waals surface area contributed by atoms with Crippen LogP contribution in [0.3, 0.4) is 0 Å². The number of methoxy groups -OCH3 is 3. The van der Waals surface area contributed by atoms with Gasteiger partial charge in [-0.1, -0.05) is 83.2 Å². The predicted molar refractivity (Wildman–Crippen MR) is 527 cm³/mol. The Balaban J connectivity index is 0.496. The third-order valence-electron chi connectivity index (χ3n) is 27.6. The number of aliphatic hydroxyl groups excluding tert-OH is 2. The molecule has 0 radical (unpaired) electrons. The largest absolute Gasteiger partial charge is 0.460 e. The SMILES string of the molecule is CO[C@H]1C[C@@H]2CC[C@@H](C)[C@@](O)(O2)C(=O)C(=O)N2CCCC[C@H]2C(=O)O[C@H]([C@H](C)C[C@@H]2CC[C@@H](OC(=O)CCCOCCOCCOCCOCCOCCOCCOCCOCCC(=O)CCc3cnc(N4CCN(c5ccc(-n6c(=O)n(C)c7cnc8ccc(-c9ccc(C)nc9)cc8c76)cc5C)CC4)nc3)[C@H](OC)C2)C[C@@H](O)[C@H](C)/C=C(\C)[C@@H](O)[C@@H](OC)C(=O)[C@H](C)C[C@H](C)/C=C/C=C/C=C/1C. The number of Topliss-reactive ketones (excluding diaryl/α,β-unsaturated/α-hetero) is 3. The van der Waals surface area contributed by atoms with Gasteiger partial charge < -0.3 is 96.3 Å². The molecule has 6 aromatic rings.